The van der Waals surface area contributed by atoms with Gasteiger partial charge in [-0.3, -0.25) is 4.79 Å². The number of anilines is 1. The minimum Gasteiger partial charge on any atom is -0.465 e. The number of halogens is 1. The van der Waals surface area contributed by atoms with E-state index in [1.54, 1.807) is 24.3 Å². The lowest BCUT2D eigenvalue weighted by atomic mass is 10.0. The van der Waals surface area contributed by atoms with Crippen molar-refractivity contribution in [2.45, 2.75) is 19.9 Å². The normalized spacial score (nSPS) is 11.4. The Morgan fingerprint density at radius 1 is 1.21 bits per heavy atom. The molecule has 19 heavy (non-hydrogen) atoms. The van der Waals surface area contributed by atoms with E-state index >= 15 is 0 Å². The molecule has 1 amide bonds. The summed E-state index contributed by atoms with van der Waals surface area (Å²) >= 11 is 0. The molecule has 0 aromatic heterocycles. The molecule has 1 aromatic rings. The maximum absolute atomic E-state index is 11.7. The van der Waals surface area contributed by atoms with Crippen molar-refractivity contribution in [1.29, 1.82) is 0 Å². The Labute approximate surface area is 118 Å². The smallest absolute Gasteiger partial charge is 0.337 e. The molecule has 0 aliphatic carbocycles. The van der Waals surface area contributed by atoms with Gasteiger partial charge in [-0.2, -0.15) is 0 Å². The van der Waals surface area contributed by atoms with E-state index in [1.165, 1.54) is 7.11 Å². The summed E-state index contributed by atoms with van der Waals surface area (Å²) in [7, 11) is 1.32. The predicted octanol–water partition coefficient (Wildman–Crippen LogP) is 1.82. The molecule has 0 fully saturated rings. The van der Waals surface area contributed by atoms with Crippen molar-refractivity contribution in [2.75, 3.05) is 12.4 Å². The van der Waals surface area contributed by atoms with E-state index in [-0.39, 0.29) is 24.2 Å². The van der Waals surface area contributed by atoms with E-state index in [1.807, 2.05) is 13.8 Å². The summed E-state index contributed by atoms with van der Waals surface area (Å²) in [6.45, 7) is 3.76. The van der Waals surface area contributed by atoms with E-state index in [0.717, 1.165) is 0 Å². The van der Waals surface area contributed by atoms with Crippen molar-refractivity contribution in [3.8, 4) is 0 Å². The molecule has 1 aromatic carbocycles. The minimum absolute atomic E-state index is 0. The molecule has 0 radical (unpaired) electrons. The van der Waals surface area contributed by atoms with Gasteiger partial charge >= 0.3 is 5.97 Å². The van der Waals surface area contributed by atoms with Crippen LogP contribution in [0.1, 0.15) is 24.2 Å². The molecule has 106 valence electrons. The molecule has 0 aliphatic rings. The number of hydrogen-bond acceptors (Lipinski definition) is 4. The van der Waals surface area contributed by atoms with Crippen LogP contribution in [0.4, 0.5) is 5.69 Å². The molecule has 0 saturated carbocycles. The van der Waals surface area contributed by atoms with E-state index in [4.69, 9.17) is 5.73 Å². The number of esters is 1. The van der Waals surface area contributed by atoms with E-state index in [9.17, 15) is 9.59 Å². The largest absolute Gasteiger partial charge is 0.465 e. The van der Waals surface area contributed by atoms with Crippen LogP contribution in [0.25, 0.3) is 0 Å². The first kappa shape index (κ1) is 17.4. The number of ether oxygens (including phenoxy) is 1. The second kappa shape index (κ2) is 7.76. The third-order valence-corrected chi connectivity index (χ3v) is 2.59. The zero-order valence-electron chi connectivity index (χ0n) is 11.2. The fourth-order valence-electron chi connectivity index (χ4n) is 1.34. The zero-order chi connectivity index (χ0) is 13.7. The quantitative estimate of drug-likeness (QED) is 0.827. The summed E-state index contributed by atoms with van der Waals surface area (Å²) in [5.41, 5.74) is 6.76. The zero-order valence-corrected chi connectivity index (χ0v) is 12.0. The van der Waals surface area contributed by atoms with Gasteiger partial charge < -0.3 is 15.8 Å². The molecule has 0 unspecified atom stereocenters. The van der Waals surface area contributed by atoms with Gasteiger partial charge in [0.15, 0.2) is 0 Å². The number of hydrogen-bond donors (Lipinski definition) is 2. The Kier molecular flexibility index (Phi) is 7.11. The van der Waals surface area contributed by atoms with Crippen molar-refractivity contribution < 1.29 is 14.3 Å². The summed E-state index contributed by atoms with van der Waals surface area (Å²) in [6, 6.07) is 5.89. The Balaban J connectivity index is 0.00000324. The van der Waals surface area contributed by atoms with E-state index in [0.29, 0.717) is 11.3 Å². The molecule has 0 aliphatic heterocycles. The Bertz CT molecular complexity index is 432. The monoisotopic (exact) mass is 286 g/mol. The van der Waals surface area contributed by atoms with Gasteiger partial charge in [-0.25, -0.2) is 4.79 Å². The lowest BCUT2D eigenvalue weighted by Gasteiger charge is -2.15. The molecule has 0 heterocycles. The summed E-state index contributed by atoms with van der Waals surface area (Å²) < 4.78 is 4.58. The van der Waals surface area contributed by atoms with Crippen molar-refractivity contribution in [1.82, 2.24) is 0 Å². The van der Waals surface area contributed by atoms with Crippen LogP contribution in [0.15, 0.2) is 24.3 Å². The Morgan fingerprint density at radius 3 is 2.16 bits per heavy atom. The lowest BCUT2D eigenvalue weighted by molar-refractivity contribution is -0.118. The predicted molar refractivity (Wildman–Crippen MR) is 76.5 cm³/mol. The average Bonchev–Trinajstić information content (AvgIpc) is 2.37. The highest BCUT2D eigenvalue weighted by Gasteiger charge is 2.17. The maximum Gasteiger partial charge on any atom is 0.337 e. The van der Waals surface area contributed by atoms with Gasteiger partial charge in [0.2, 0.25) is 5.91 Å². The van der Waals surface area contributed by atoms with Gasteiger partial charge in [-0.15, -0.1) is 12.4 Å². The van der Waals surface area contributed by atoms with Crippen LogP contribution in [0.2, 0.25) is 0 Å². The highest BCUT2D eigenvalue weighted by molar-refractivity contribution is 5.95. The summed E-state index contributed by atoms with van der Waals surface area (Å²) in [5.74, 6) is -0.582. The molecule has 6 heteroatoms. The summed E-state index contributed by atoms with van der Waals surface area (Å²) in [4.78, 5) is 22.9. The van der Waals surface area contributed by atoms with Crippen LogP contribution in [-0.2, 0) is 9.53 Å². The Hall–Kier alpha value is -1.59. The highest BCUT2D eigenvalue weighted by atomic mass is 35.5. The van der Waals surface area contributed by atoms with Gasteiger partial charge in [0.05, 0.1) is 18.7 Å². The standard InChI is InChI=1S/C13H18N2O3.ClH/c1-8(2)11(14)12(16)15-10-6-4-9(5-7-10)13(17)18-3;/h4-8,11H,14H2,1-3H3,(H,15,16);1H/t11-;/m1./s1. The lowest BCUT2D eigenvalue weighted by Crippen LogP contribution is -2.39. The molecule has 1 atom stereocenters. The SMILES string of the molecule is COC(=O)c1ccc(NC(=O)[C@H](N)C(C)C)cc1.Cl. The number of carbonyl (C=O) groups excluding carboxylic acids is 2. The first-order chi connectivity index (χ1) is 8.45. The second-order valence-corrected chi connectivity index (χ2v) is 4.33. The number of amides is 1. The molecule has 5 nitrogen and oxygen atoms in total. The topological polar surface area (TPSA) is 81.4 Å². The fourth-order valence-corrected chi connectivity index (χ4v) is 1.34. The first-order valence-corrected chi connectivity index (χ1v) is 5.70. The third-order valence-electron chi connectivity index (χ3n) is 2.59. The van der Waals surface area contributed by atoms with Crippen LogP contribution in [-0.4, -0.2) is 25.0 Å². The summed E-state index contributed by atoms with van der Waals surface area (Å²) in [5, 5.41) is 2.69. The number of carbonyl (C=O) groups is 2. The Morgan fingerprint density at radius 2 is 1.74 bits per heavy atom. The summed E-state index contributed by atoms with van der Waals surface area (Å²) in [6.07, 6.45) is 0. The minimum atomic E-state index is -0.551. The second-order valence-electron chi connectivity index (χ2n) is 4.33. The van der Waals surface area contributed by atoms with Gasteiger partial charge in [0.1, 0.15) is 0 Å². The van der Waals surface area contributed by atoms with Gasteiger partial charge in [0, 0.05) is 5.69 Å². The van der Waals surface area contributed by atoms with Gasteiger partial charge in [0.25, 0.3) is 0 Å². The average molecular weight is 287 g/mol. The first-order valence-electron chi connectivity index (χ1n) is 5.70. The van der Waals surface area contributed by atoms with E-state index in [2.05, 4.69) is 10.1 Å². The van der Waals surface area contributed by atoms with E-state index < -0.39 is 12.0 Å². The molecule has 0 spiro atoms. The number of methoxy groups -OCH3 is 1. The third kappa shape index (κ3) is 4.89. The van der Waals surface area contributed by atoms with Crippen molar-refractivity contribution >= 4 is 30.0 Å². The molecule has 3 N–H and O–H groups in total. The number of nitrogens with two attached hydrogens (primary N) is 1. The molecular formula is C13H19ClN2O3. The maximum atomic E-state index is 11.7. The molecular weight excluding hydrogens is 268 g/mol. The van der Waals surface area contributed by atoms with Crippen molar-refractivity contribution in [3.63, 3.8) is 0 Å². The molecule has 1 rings (SSSR count). The molecule has 0 saturated heterocycles. The van der Waals surface area contributed by atoms with Crippen molar-refractivity contribution in [3.05, 3.63) is 29.8 Å². The fraction of sp³-hybridized carbons (Fsp3) is 0.385. The van der Waals surface area contributed by atoms with Gasteiger partial charge in [-0.05, 0) is 30.2 Å². The van der Waals surface area contributed by atoms with Crippen LogP contribution < -0.4 is 11.1 Å². The number of rotatable bonds is 4. The van der Waals surface area contributed by atoms with Crippen LogP contribution in [0.3, 0.4) is 0 Å². The van der Waals surface area contributed by atoms with Crippen molar-refractivity contribution in [2.24, 2.45) is 11.7 Å². The number of benzene rings is 1. The van der Waals surface area contributed by atoms with Crippen LogP contribution in [0.5, 0.6) is 0 Å². The highest BCUT2D eigenvalue weighted by Crippen LogP contribution is 2.11. The van der Waals surface area contributed by atoms with Crippen LogP contribution in [0, 0.1) is 5.92 Å². The number of nitrogens with one attached hydrogen (secondary N) is 1. The van der Waals surface area contributed by atoms with Gasteiger partial charge in [-0.1, -0.05) is 13.8 Å². The molecule has 0 bridgehead atoms. The van der Waals surface area contributed by atoms with Crippen LogP contribution >= 0.6 is 12.4 Å².